The van der Waals surface area contributed by atoms with Crippen LogP contribution in [0.25, 0.3) is 0 Å². The van der Waals surface area contributed by atoms with Crippen LogP contribution in [0.3, 0.4) is 0 Å². The second-order valence-corrected chi connectivity index (χ2v) is 8.55. The van der Waals surface area contributed by atoms with E-state index >= 15 is 0 Å². The van der Waals surface area contributed by atoms with Crippen molar-refractivity contribution in [1.82, 2.24) is 4.98 Å². The summed E-state index contributed by atoms with van der Waals surface area (Å²) in [6, 6.07) is 0. The van der Waals surface area contributed by atoms with Crippen LogP contribution in [0.2, 0.25) is 0 Å². The Morgan fingerprint density at radius 2 is 1.14 bits per heavy atom. The molecule has 4 heteroatoms. The number of carbonyl (C=O) groups is 2. The summed E-state index contributed by atoms with van der Waals surface area (Å²) in [5, 5.41) is 9.16. The molecule has 2 N–H and O–H groups in total. The highest BCUT2D eigenvalue weighted by Gasteiger charge is 2.20. The first-order chi connectivity index (χ1) is 14.0. The van der Waals surface area contributed by atoms with Gasteiger partial charge in [-0.1, -0.05) is 96.8 Å². The lowest BCUT2D eigenvalue weighted by Crippen LogP contribution is -2.03. The van der Waals surface area contributed by atoms with Gasteiger partial charge in [0.25, 0.3) is 0 Å². The number of hydrogen-bond donors (Lipinski definition) is 2. The zero-order chi connectivity index (χ0) is 21.5. The molecule has 0 amide bonds. The molecule has 29 heavy (non-hydrogen) atoms. The standard InChI is InChI=1S/C25H43NO3/c1-4-5-6-7-8-9-10-11-12-13-14-15-16-17-18-19-22(27)23-20(2)24(25(28)29)26-21(23)3/h26H,4-19H2,1-3H3,(H,28,29). The molecule has 4 nitrogen and oxygen atoms in total. The Kier molecular flexibility index (Phi) is 13.4. The number of aromatic carboxylic acids is 1. The SMILES string of the molecule is CCCCCCCCCCCCCCCCCC(=O)c1c(C)[nH]c(C(=O)O)c1C. The maximum absolute atomic E-state index is 12.4. The van der Waals surface area contributed by atoms with Crippen LogP contribution in [0.4, 0.5) is 0 Å². The number of carboxylic acids is 1. The Morgan fingerprint density at radius 3 is 1.52 bits per heavy atom. The molecule has 0 aliphatic rings. The third-order valence-corrected chi connectivity index (χ3v) is 5.94. The summed E-state index contributed by atoms with van der Waals surface area (Å²) in [5.74, 6) is -0.935. The van der Waals surface area contributed by atoms with E-state index in [2.05, 4.69) is 11.9 Å². The molecule has 1 aromatic rings. The van der Waals surface area contributed by atoms with Crippen molar-refractivity contribution in [2.45, 2.75) is 124 Å². The molecule has 1 rings (SSSR count). The quantitative estimate of drug-likeness (QED) is 0.193. The van der Waals surface area contributed by atoms with Crippen LogP contribution in [0.15, 0.2) is 0 Å². The number of H-pyrrole nitrogens is 1. The van der Waals surface area contributed by atoms with Gasteiger partial charge in [-0.3, -0.25) is 4.79 Å². The van der Waals surface area contributed by atoms with E-state index < -0.39 is 5.97 Å². The minimum Gasteiger partial charge on any atom is -0.477 e. The van der Waals surface area contributed by atoms with Crippen molar-refractivity contribution in [3.8, 4) is 0 Å². The molecule has 1 aromatic heterocycles. The molecule has 0 fully saturated rings. The van der Waals surface area contributed by atoms with E-state index in [1.165, 1.54) is 83.5 Å². The first-order valence-electron chi connectivity index (χ1n) is 11.9. The van der Waals surface area contributed by atoms with Gasteiger partial charge in [0, 0.05) is 17.7 Å². The number of carbonyl (C=O) groups excluding carboxylic acids is 1. The zero-order valence-corrected chi connectivity index (χ0v) is 19.1. The lowest BCUT2D eigenvalue weighted by molar-refractivity contribution is 0.0690. The second kappa shape index (κ2) is 15.3. The molecule has 0 bridgehead atoms. The minimum absolute atomic E-state index is 0.0680. The van der Waals surface area contributed by atoms with Crippen LogP contribution in [-0.4, -0.2) is 21.8 Å². The maximum Gasteiger partial charge on any atom is 0.352 e. The number of aromatic amines is 1. The Bertz CT molecular complexity index is 603. The molecule has 0 radical (unpaired) electrons. The summed E-state index contributed by atoms with van der Waals surface area (Å²) in [5.41, 5.74) is 1.96. The van der Waals surface area contributed by atoms with Crippen molar-refractivity contribution in [2.24, 2.45) is 0 Å². The number of aryl methyl sites for hydroxylation is 1. The number of aromatic nitrogens is 1. The predicted molar refractivity (Wildman–Crippen MR) is 121 cm³/mol. The first kappa shape index (κ1) is 25.5. The van der Waals surface area contributed by atoms with Gasteiger partial charge in [-0.05, 0) is 25.8 Å². The smallest absolute Gasteiger partial charge is 0.352 e. The fourth-order valence-electron chi connectivity index (χ4n) is 4.16. The lowest BCUT2D eigenvalue weighted by Gasteiger charge is -2.04. The summed E-state index contributed by atoms with van der Waals surface area (Å²) in [6.45, 7) is 5.76. The Labute approximate surface area is 177 Å². The average Bonchev–Trinajstić information content (AvgIpc) is 2.99. The highest BCUT2D eigenvalue weighted by atomic mass is 16.4. The molecule has 1 heterocycles. The molecule has 0 saturated heterocycles. The van der Waals surface area contributed by atoms with E-state index in [9.17, 15) is 9.59 Å². The van der Waals surface area contributed by atoms with Crippen molar-refractivity contribution in [2.75, 3.05) is 0 Å². The minimum atomic E-state index is -1.00. The number of hydrogen-bond acceptors (Lipinski definition) is 2. The molecular formula is C25H43NO3. The predicted octanol–water partition coefficient (Wildman–Crippen LogP) is 7.77. The maximum atomic E-state index is 12.4. The second-order valence-electron chi connectivity index (χ2n) is 8.55. The van der Waals surface area contributed by atoms with E-state index in [0.29, 0.717) is 23.2 Å². The molecule has 0 aliphatic heterocycles. The van der Waals surface area contributed by atoms with Gasteiger partial charge in [0.1, 0.15) is 5.69 Å². The summed E-state index contributed by atoms with van der Waals surface area (Å²) >= 11 is 0. The summed E-state index contributed by atoms with van der Waals surface area (Å²) < 4.78 is 0. The van der Waals surface area contributed by atoms with Crippen molar-refractivity contribution < 1.29 is 14.7 Å². The average molecular weight is 406 g/mol. The van der Waals surface area contributed by atoms with Crippen molar-refractivity contribution >= 4 is 11.8 Å². The van der Waals surface area contributed by atoms with Gasteiger partial charge < -0.3 is 10.1 Å². The van der Waals surface area contributed by atoms with E-state index in [4.69, 9.17) is 5.11 Å². The molecule has 0 atom stereocenters. The highest BCUT2D eigenvalue weighted by Crippen LogP contribution is 2.21. The number of carboxylic acid groups (broad SMARTS) is 1. The molecule has 0 spiro atoms. The monoisotopic (exact) mass is 405 g/mol. The zero-order valence-electron chi connectivity index (χ0n) is 19.1. The van der Waals surface area contributed by atoms with Crippen molar-refractivity contribution in [1.29, 1.82) is 0 Å². The lowest BCUT2D eigenvalue weighted by atomic mass is 10.00. The molecule has 166 valence electrons. The number of Topliss-reactive ketones (excluding diaryl/α,β-unsaturated/α-hetero) is 1. The summed E-state index contributed by atoms with van der Waals surface area (Å²) in [6.07, 6.45) is 20.1. The Hall–Kier alpha value is -1.58. The third-order valence-electron chi connectivity index (χ3n) is 5.94. The van der Waals surface area contributed by atoms with Crippen LogP contribution in [0, 0.1) is 13.8 Å². The fraction of sp³-hybridized carbons (Fsp3) is 0.760. The van der Waals surface area contributed by atoms with Gasteiger partial charge in [0.2, 0.25) is 0 Å². The van der Waals surface area contributed by atoms with Crippen LogP contribution < -0.4 is 0 Å². The summed E-state index contributed by atoms with van der Waals surface area (Å²) in [4.78, 5) is 26.4. The van der Waals surface area contributed by atoms with Gasteiger partial charge in [0.15, 0.2) is 5.78 Å². The van der Waals surface area contributed by atoms with E-state index in [1.807, 2.05) is 0 Å². The van der Waals surface area contributed by atoms with E-state index in [-0.39, 0.29) is 11.5 Å². The normalized spacial score (nSPS) is 11.1. The fourth-order valence-corrected chi connectivity index (χ4v) is 4.16. The van der Waals surface area contributed by atoms with Crippen LogP contribution in [0.5, 0.6) is 0 Å². The molecular weight excluding hydrogens is 362 g/mol. The highest BCUT2D eigenvalue weighted by molar-refractivity contribution is 6.02. The number of ketones is 1. The van der Waals surface area contributed by atoms with Gasteiger partial charge in [0.05, 0.1) is 0 Å². The number of rotatable bonds is 18. The van der Waals surface area contributed by atoms with E-state index in [0.717, 1.165) is 12.8 Å². The van der Waals surface area contributed by atoms with Gasteiger partial charge in [-0.2, -0.15) is 0 Å². The van der Waals surface area contributed by atoms with Crippen LogP contribution in [-0.2, 0) is 0 Å². The van der Waals surface area contributed by atoms with E-state index in [1.54, 1.807) is 13.8 Å². The number of nitrogens with one attached hydrogen (secondary N) is 1. The van der Waals surface area contributed by atoms with Gasteiger partial charge in [-0.25, -0.2) is 4.79 Å². The van der Waals surface area contributed by atoms with Gasteiger partial charge >= 0.3 is 5.97 Å². The topological polar surface area (TPSA) is 70.2 Å². The number of unbranched alkanes of at least 4 members (excludes halogenated alkanes) is 14. The molecule has 0 saturated carbocycles. The largest absolute Gasteiger partial charge is 0.477 e. The van der Waals surface area contributed by atoms with Crippen LogP contribution in [0.1, 0.15) is 142 Å². The Morgan fingerprint density at radius 1 is 0.724 bits per heavy atom. The third kappa shape index (κ3) is 10.1. The first-order valence-corrected chi connectivity index (χ1v) is 11.9. The molecule has 0 aliphatic carbocycles. The molecule has 0 unspecified atom stereocenters. The molecule has 0 aromatic carbocycles. The Balaban J connectivity index is 2.00. The van der Waals surface area contributed by atoms with Crippen molar-refractivity contribution in [3.63, 3.8) is 0 Å². The van der Waals surface area contributed by atoms with Crippen molar-refractivity contribution in [3.05, 3.63) is 22.5 Å². The van der Waals surface area contributed by atoms with Crippen LogP contribution >= 0.6 is 0 Å². The van der Waals surface area contributed by atoms with Gasteiger partial charge in [-0.15, -0.1) is 0 Å². The summed E-state index contributed by atoms with van der Waals surface area (Å²) in [7, 11) is 0.